The molecule has 1 aliphatic heterocycles. The lowest BCUT2D eigenvalue weighted by atomic mass is 10.1. The molecule has 28 heavy (non-hydrogen) atoms. The summed E-state index contributed by atoms with van der Waals surface area (Å²) in [6.45, 7) is 2.69. The van der Waals surface area contributed by atoms with Gasteiger partial charge in [-0.25, -0.2) is 0 Å². The molecule has 3 N–H and O–H groups in total. The first-order chi connectivity index (χ1) is 13.4. The van der Waals surface area contributed by atoms with Gasteiger partial charge in [0.25, 0.3) is 5.91 Å². The van der Waals surface area contributed by atoms with Gasteiger partial charge in [-0.1, -0.05) is 18.2 Å². The zero-order valence-electron chi connectivity index (χ0n) is 15.7. The van der Waals surface area contributed by atoms with Crippen LogP contribution in [0.1, 0.15) is 27.0 Å². The minimum atomic E-state index is -0.339. The van der Waals surface area contributed by atoms with E-state index >= 15 is 0 Å². The maximum absolute atomic E-state index is 12.9. The molecule has 7 nitrogen and oxygen atoms in total. The third-order valence-electron chi connectivity index (χ3n) is 4.61. The van der Waals surface area contributed by atoms with E-state index in [2.05, 4.69) is 5.32 Å². The topological polar surface area (TPSA) is 99.1 Å². The summed E-state index contributed by atoms with van der Waals surface area (Å²) in [6, 6.07) is 8.16. The molecule has 7 heteroatoms. The van der Waals surface area contributed by atoms with E-state index in [0.717, 1.165) is 11.1 Å². The monoisotopic (exact) mass is 382 g/mol. The van der Waals surface area contributed by atoms with E-state index < -0.39 is 0 Å². The predicted molar refractivity (Wildman–Crippen MR) is 104 cm³/mol. The van der Waals surface area contributed by atoms with Crippen LogP contribution in [-0.2, 0) is 22.6 Å². The molecule has 0 bridgehead atoms. The number of hydrogen-bond donors (Lipinski definition) is 3. The number of anilines is 1. The number of phenols is 2. The zero-order chi connectivity index (χ0) is 20.3. The van der Waals surface area contributed by atoms with Crippen LogP contribution in [-0.4, -0.2) is 40.6 Å². The molecule has 0 spiro atoms. The molecular weight excluding hydrogens is 360 g/mol. The van der Waals surface area contributed by atoms with E-state index in [1.54, 1.807) is 31.1 Å². The van der Waals surface area contributed by atoms with Gasteiger partial charge in [-0.2, -0.15) is 0 Å². The van der Waals surface area contributed by atoms with Crippen molar-refractivity contribution in [1.29, 1.82) is 0 Å². The van der Waals surface area contributed by atoms with Gasteiger partial charge < -0.3 is 25.2 Å². The van der Waals surface area contributed by atoms with Gasteiger partial charge in [-0.05, 0) is 30.2 Å². The van der Waals surface area contributed by atoms with Crippen molar-refractivity contribution >= 4 is 17.5 Å². The number of aromatic hydroxyl groups is 2. The minimum absolute atomic E-state index is 0.0646. The number of fused-ring (bicyclic) bond motifs is 1. The summed E-state index contributed by atoms with van der Waals surface area (Å²) in [5, 5.41) is 22.6. The molecule has 0 radical (unpaired) electrons. The maximum Gasteiger partial charge on any atom is 0.258 e. The van der Waals surface area contributed by atoms with Crippen LogP contribution < -0.4 is 5.32 Å². The van der Waals surface area contributed by atoms with Crippen molar-refractivity contribution in [2.45, 2.75) is 20.0 Å². The highest BCUT2D eigenvalue weighted by atomic mass is 16.5. The van der Waals surface area contributed by atoms with Crippen LogP contribution in [0.5, 0.6) is 11.5 Å². The third kappa shape index (κ3) is 3.99. The highest BCUT2D eigenvalue weighted by molar-refractivity contribution is 6.00. The van der Waals surface area contributed by atoms with Crippen molar-refractivity contribution in [2.24, 2.45) is 0 Å². The molecule has 3 rings (SSSR count). The Hall–Kier alpha value is -3.32. The van der Waals surface area contributed by atoms with Crippen molar-refractivity contribution in [1.82, 2.24) is 4.90 Å². The van der Waals surface area contributed by atoms with E-state index in [4.69, 9.17) is 4.74 Å². The standard InChI is InChI=1S/C21H22N2O5/c1-13-9-15(19(25)10-18(13)24)21(27)23-11-14-5-3-6-17(16(14)12-23)22-20(26)7-4-8-28-2/h3-7,9-10,24-25H,8,11-12H2,1-2H3,(H,22,26)/b7-4+. The van der Waals surface area contributed by atoms with Crippen molar-refractivity contribution in [2.75, 3.05) is 19.0 Å². The number of phenolic OH excluding ortho intramolecular Hbond substituents is 2. The van der Waals surface area contributed by atoms with Crippen molar-refractivity contribution in [3.63, 3.8) is 0 Å². The molecule has 0 aliphatic carbocycles. The number of aryl methyl sites for hydroxylation is 1. The average molecular weight is 382 g/mol. The van der Waals surface area contributed by atoms with Crippen LogP contribution in [0.3, 0.4) is 0 Å². The van der Waals surface area contributed by atoms with Gasteiger partial charge in [0.2, 0.25) is 5.91 Å². The van der Waals surface area contributed by atoms with Gasteiger partial charge in [-0.15, -0.1) is 0 Å². The third-order valence-corrected chi connectivity index (χ3v) is 4.61. The summed E-state index contributed by atoms with van der Waals surface area (Å²) in [4.78, 5) is 26.5. The molecule has 146 valence electrons. The molecule has 2 amide bonds. The predicted octanol–water partition coefficient (Wildman–Crippen LogP) is 2.70. The molecule has 0 aromatic heterocycles. The first-order valence-corrected chi connectivity index (χ1v) is 8.79. The maximum atomic E-state index is 12.9. The minimum Gasteiger partial charge on any atom is -0.508 e. The molecule has 1 heterocycles. The molecule has 0 unspecified atom stereocenters. The highest BCUT2D eigenvalue weighted by Crippen LogP contribution is 2.33. The summed E-state index contributed by atoms with van der Waals surface area (Å²) >= 11 is 0. The Morgan fingerprint density at radius 3 is 2.75 bits per heavy atom. The molecule has 2 aromatic carbocycles. The Balaban J connectivity index is 1.79. The van der Waals surface area contributed by atoms with Gasteiger partial charge in [0.05, 0.1) is 12.2 Å². The van der Waals surface area contributed by atoms with Crippen molar-refractivity contribution in [3.05, 3.63) is 64.7 Å². The fourth-order valence-electron chi connectivity index (χ4n) is 3.14. The fourth-order valence-corrected chi connectivity index (χ4v) is 3.14. The number of carbonyl (C=O) groups is 2. The first-order valence-electron chi connectivity index (χ1n) is 8.79. The van der Waals surface area contributed by atoms with Crippen LogP contribution in [0.4, 0.5) is 5.69 Å². The van der Waals surface area contributed by atoms with E-state index in [1.807, 2.05) is 12.1 Å². The molecule has 1 aliphatic rings. The van der Waals surface area contributed by atoms with Crippen LogP contribution in [0.2, 0.25) is 0 Å². The molecule has 0 saturated heterocycles. The van der Waals surface area contributed by atoms with E-state index in [1.165, 1.54) is 18.2 Å². The summed E-state index contributed by atoms with van der Waals surface area (Å²) in [5.74, 6) is -0.942. The molecule has 0 atom stereocenters. The Morgan fingerprint density at radius 2 is 2.00 bits per heavy atom. The normalized spacial score (nSPS) is 13.0. The van der Waals surface area contributed by atoms with Gasteiger partial charge in [-0.3, -0.25) is 9.59 Å². The lowest BCUT2D eigenvalue weighted by Gasteiger charge is -2.17. The smallest absolute Gasteiger partial charge is 0.258 e. The van der Waals surface area contributed by atoms with E-state index in [0.29, 0.717) is 30.9 Å². The Labute approximate surface area is 162 Å². The number of methoxy groups -OCH3 is 1. The molecule has 0 saturated carbocycles. The summed E-state index contributed by atoms with van der Waals surface area (Å²) in [6.07, 6.45) is 3.02. The number of rotatable bonds is 5. The molecule has 2 aromatic rings. The SMILES string of the molecule is COC/C=C/C(=O)Nc1cccc2c1CN(C(=O)c1cc(C)c(O)cc1O)C2. The number of amides is 2. The van der Waals surface area contributed by atoms with E-state index in [9.17, 15) is 19.8 Å². The summed E-state index contributed by atoms with van der Waals surface area (Å²) in [7, 11) is 1.55. The number of benzene rings is 2. The largest absolute Gasteiger partial charge is 0.508 e. The summed E-state index contributed by atoms with van der Waals surface area (Å²) < 4.78 is 4.88. The quantitative estimate of drug-likeness (QED) is 0.691. The van der Waals surface area contributed by atoms with Gasteiger partial charge in [0.15, 0.2) is 0 Å². The van der Waals surface area contributed by atoms with E-state index in [-0.39, 0.29) is 28.9 Å². The lowest BCUT2D eigenvalue weighted by molar-refractivity contribution is -0.111. The number of nitrogens with one attached hydrogen (secondary N) is 1. The molecular formula is C21H22N2O5. The Bertz CT molecular complexity index is 952. The van der Waals surface area contributed by atoms with Crippen LogP contribution in [0, 0.1) is 6.92 Å². The second kappa shape index (κ2) is 8.14. The van der Waals surface area contributed by atoms with Crippen LogP contribution in [0.25, 0.3) is 0 Å². The van der Waals surface area contributed by atoms with Crippen LogP contribution in [0.15, 0.2) is 42.5 Å². The number of hydrogen-bond acceptors (Lipinski definition) is 5. The van der Waals surface area contributed by atoms with Crippen molar-refractivity contribution < 1.29 is 24.5 Å². The lowest BCUT2D eigenvalue weighted by Crippen LogP contribution is -2.25. The number of carbonyl (C=O) groups excluding carboxylic acids is 2. The van der Waals surface area contributed by atoms with Crippen molar-refractivity contribution in [3.8, 4) is 11.5 Å². The number of nitrogens with zero attached hydrogens (tertiary/aromatic N) is 1. The Kier molecular flexibility index (Phi) is 5.65. The zero-order valence-corrected chi connectivity index (χ0v) is 15.7. The fraction of sp³-hybridized carbons (Fsp3) is 0.238. The Morgan fingerprint density at radius 1 is 1.21 bits per heavy atom. The number of ether oxygens (including phenoxy) is 1. The van der Waals surface area contributed by atoms with Gasteiger partial charge in [0, 0.05) is 43.6 Å². The highest BCUT2D eigenvalue weighted by Gasteiger charge is 2.28. The second-order valence-corrected chi connectivity index (χ2v) is 6.61. The second-order valence-electron chi connectivity index (χ2n) is 6.61. The van der Waals surface area contributed by atoms with Crippen LogP contribution >= 0.6 is 0 Å². The van der Waals surface area contributed by atoms with Gasteiger partial charge in [0.1, 0.15) is 11.5 Å². The average Bonchev–Trinajstić information content (AvgIpc) is 3.10. The van der Waals surface area contributed by atoms with Gasteiger partial charge >= 0.3 is 0 Å². The first kappa shape index (κ1) is 19.4. The molecule has 0 fully saturated rings. The summed E-state index contributed by atoms with van der Waals surface area (Å²) in [5.41, 5.74) is 3.08.